The Bertz CT molecular complexity index is 732. The number of ether oxygens (including phenoxy) is 1. The van der Waals surface area contributed by atoms with Gasteiger partial charge in [0, 0.05) is 25.4 Å². The first kappa shape index (κ1) is 23.4. The molecule has 0 unspecified atom stereocenters. The van der Waals surface area contributed by atoms with Gasteiger partial charge in [0.25, 0.3) is 0 Å². The molecule has 5 nitrogen and oxygen atoms in total. The summed E-state index contributed by atoms with van der Waals surface area (Å²) in [5.41, 5.74) is 1.37. The molecule has 0 N–H and O–H groups in total. The van der Waals surface area contributed by atoms with Crippen LogP contribution in [-0.2, 0) is 14.1 Å². The molecule has 1 aromatic carbocycles. The quantitative estimate of drug-likeness (QED) is 0.525. The predicted molar refractivity (Wildman–Crippen MR) is 127 cm³/mol. The van der Waals surface area contributed by atoms with Crippen LogP contribution < -0.4 is 0 Å². The molecule has 4 rings (SSSR count). The normalized spacial score (nSPS) is 33.4. The summed E-state index contributed by atoms with van der Waals surface area (Å²) in [7, 11) is -0.279. The number of methoxy groups -OCH3 is 1. The second kappa shape index (κ2) is 8.88. The van der Waals surface area contributed by atoms with Gasteiger partial charge in [0.15, 0.2) is 5.79 Å². The Morgan fingerprint density at radius 2 is 1.71 bits per heavy atom. The Balaban J connectivity index is 1.80. The van der Waals surface area contributed by atoms with Gasteiger partial charge in [-0.15, -0.1) is 0 Å². The van der Waals surface area contributed by atoms with Gasteiger partial charge in [-0.25, -0.2) is 4.84 Å². The average molecular weight is 447 g/mol. The minimum atomic E-state index is -2.10. The third-order valence-corrected chi connectivity index (χ3v) is 12.5. The molecule has 3 fully saturated rings. The van der Waals surface area contributed by atoms with Crippen LogP contribution in [0.25, 0.3) is 0 Å². The lowest BCUT2D eigenvalue weighted by molar-refractivity contribution is -0.495. The minimum absolute atomic E-state index is 0.0744. The molecule has 1 aliphatic carbocycles. The lowest BCUT2D eigenvalue weighted by Crippen LogP contribution is -2.67. The van der Waals surface area contributed by atoms with E-state index >= 15 is 0 Å². The van der Waals surface area contributed by atoms with E-state index < -0.39 is 14.1 Å². The van der Waals surface area contributed by atoms with E-state index in [0.717, 1.165) is 32.4 Å². The van der Waals surface area contributed by atoms with Crippen LogP contribution >= 0.6 is 0 Å². The van der Waals surface area contributed by atoms with Crippen LogP contribution in [0.4, 0.5) is 0 Å². The lowest BCUT2D eigenvalue weighted by Gasteiger charge is -2.58. The molecule has 0 bridgehead atoms. The molecule has 0 amide bonds. The topological polar surface area (TPSA) is 34.2 Å². The minimum Gasteiger partial charge on any atom is -0.351 e. The van der Waals surface area contributed by atoms with Gasteiger partial charge in [0.1, 0.15) is 6.17 Å². The maximum absolute atomic E-state index is 6.92. The molecule has 0 aromatic heterocycles. The van der Waals surface area contributed by atoms with Crippen LogP contribution in [0.3, 0.4) is 0 Å². The van der Waals surface area contributed by atoms with Crippen LogP contribution in [0.2, 0.25) is 18.1 Å². The van der Waals surface area contributed by atoms with E-state index in [1.54, 1.807) is 0 Å². The molecule has 2 saturated heterocycles. The maximum Gasteiger partial charge on any atom is 0.223 e. The summed E-state index contributed by atoms with van der Waals surface area (Å²) in [6.07, 6.45) is 6.97. The third kappa shape index (κ3) is 4.40. The Morgan fingerprint density at radius 3 is 2.32 bits per heavy atom. The predicted octanol–water partition coefficient (Wildman–Crippen LogP) is 5.91. The highest BCUT2D eigenvalue weighted by atomic mass is 28.4. The smallest absolute Gasteiger partial charge is 0.223 e. The van der Waals surface area contributed by atoms with Gasteiger partial charge in [-0.3, -0.25) is 4.90 Å². The zero-order valence-corrected chi connectivity index (χ0v) is 21.4. The molecule has 3 aliphatic rings. The molecule has 31 heavy (non-hydrogen) atoms. The van der Waals surface area contributed by atoms with Gasteiger partial charge in [0.2, 0.25) is 8.32 Å². The van der Waals surface area contributed by atoms with Gasteiger partial charge in [0.05, 0.1) is 0 Å². The number of likely N-dealkylation sites (tertiary alicyclic amines) is 1. The molecule has 2 heterocycles. The molecule has 1 aromatic rings. The van der Waals surface area contributed by atoms with Gasteiger partial charge < -0.3 is 9.26 Å². The van der Waals surface area contributed by atoms with Crippen LogP contribution in [0.5, 0.6) is 0 Å². The molecule has 0 radical (unpaired) electrons. The largest absolute Gasteiger partial charge is 0.351 e. The first-order valence-corrected chi connectivity index (χ1v) is 15.1. The summed E-state index contributed by atoms with van der Waals surface area (Å²) in [4.78, 5) is 9.41. The van der Waals surface area contributed by atoms with Crippen molar-refractivity contribution in [2.24, 2.45) is 5.92 Å². The average Bonchev–Trinajstić information content (AvgIpc) is 3.26. The van der Waals surface area contributed by atoms with Crippen molar-refractivity contribution in [3.05, 3.63) is 35.9 Å². The van der Waals surface area contributed by atoms with E-state index in [0.29, 0.717) is 5.92 Å². The Kier molecular flexibility index (Phi) is 6.70. The molecular formula is C25H42N2O3Si. The third-order valence-electron chi connectivity index (χ3n) is 8.24. The number of hydrogen-bond acceptors (Lipinski definition) is 5. The number of benzene rings is 1. The highest BCUT2D eigenvalue weighted by molar-refractivity contribution is 6.74. The van der Waals surface area contributed by atoms with E-state index in [2.05, 4.69) is 69.1 Å². The maximum atomic E-state index is 6.92. The van der Waals surface area contributed by atoms with E-state index in [9.17, 15) is 0 Å². The first-order valence-electron chi connectivity index (χ1n) is 12.2. The number of hydroxylamine groups is 2. The summed E-state index contributed by atoms with van der Waals surface area (Å²) in [5, 5.41) is 2.02. The number of rotatable bonds is 5. The molecule has 1 saturated carbocycles. The highest BCUT2D eigenvalue weighted by Gasteiger charge is 2.59. The van der Waals surface area contributed by atoms with E-state index in [-0.39, 0.29) is 17.1 Å². The van der Waals surface area contributed by atoms with Gasteiger partial charge in [-0.05, 0) is 62.5 Å². The first-order chi connectivity index (χ1) is 14.7. The summed E-state index contributed by atoms with van der Waals surface area (Å²) in [5.74, 6) is -0.00580. The monoisotopic (exact) mass is 446 g/mol. The van der Waals surface area contributed by atoms with Gasteiger partial charge >= 0.3 is 0 Å². The zero-order chi connectivity index (χ0) is 22.3. The fraction of sp³-hybridized carbons (Fsp3) is 0.760. The number of hydrogen-bond donors (Lipinski definition) is 0. The van der Waals surface area contributed by atoms with Crippen molar-refractivity contribution < 1.29 is 14.1 Å². The second-order valence-corrected chi connectivity index (χ2v) is 15.9. The SMILES string of the molecule is CO[C@@]12CCCC[C@H]1[C@H](c1ccccc1)[C@@H](N1CCCC1)N(O[Si](C)(C)C(C)(C)C)O2. The van der Waals surface area contributed by atoms with Crippen molar-refractivity contribution in [3.8, 4) is 0 Å². The Hall–Kier alpha value is -0.763. The van der Waals surface area contributed by atoms with E-state index in [1.807, 2.05) is 12.3 Å². The zero-order valence-electron chi connectivity index (χ0n) is 20.4. The number of nitrogens with zero attached hydrogens (tertiary/aromatic N) is 2. The second-order valence-electron chi connectivity index (χ2n) is 11.2. The summed E-state index contributed by atoms with van der Waals surface area (Å²) < 4.78 is 13.2. The summed E-state index contributed by atoms with van der Waals surface area (Å²) in [6, 6.07) is 11.0. The van der Waals surface area contributed by atoms with Crippen molar-refractivity contribution in [2.45, 2.75) is 95.3 Å². The van der Waals surface area contributed by atoms with Crippen molar-refractivity contribution in [3.63, 3.8) is 0 Å². The Labute approximate surface area is 190 Å². The van der Waals surface area contributed by atoms with Crippen molar-refractivity contribution in [1.82, 2.24) is 10.1 Å². The van der Waals surface area contributed by atoms with Crippen molar-refractivity contribution >= 4 is 8.32 Å². The molecular weight excluding hydrogens is 404 g/mol. The van der Waals surface area contributed by atoms with Gasteiger partial charge in [-0.2, -0.15) is 0 Å². The summed E-state index contributed by atoms with van der Waals surface area (Å²) >= 11 is 0. The van der Waals surface area contributed by atoms with Gasteiger partial charge in [-0.1, -0.05) is 62.8 Å². The molecule has 0 spiro atoms. The molecule has 6 heteroatoms. The van der Waals surface area contributed by atoms with Crippen molar-refractivity contribution in [2.75, 3.05) is 20.2 Å². The fourth-order valence-electron chi connectivity index (χ4n) is 5.42. The molecule has 2 aliphatic heterocycles. The van der Waals surface area contributed by atoms with E-state index in [1.165, 1.54) is 24.8 Å². The van der Waals surface area contributed by atoms with Crippen LogP contribution in [0.15, 0.2) is 30.3 Å². The number of fused-ring (bicyclic) bond motifs is 1. The summed E-state index contributed by atoms with van der Waals surface area (Å²) in [6.45, 7) is 13.7. The van der Waals surface area contributed by atoms with Crippen LogP contribution in [-0.4, -0.2) is 50.6 Å². The van der Waals surface area contributed by atoms with Crippen LogP contribution in [0.1, 0.15) is 70.8 Å². The fourth-order valence-corrected chi connectivity index (χ4v) is 6.29. The lowest BCUT2D eigenvalue weighted by atomic mass is 9.70. The highest BCUT2D eigenvalue weighted by Crippen LogP contribution is 2.53. The van der Waals surface area contributed by atoms with Crippen LogP contribution in [0, 0.1) is 5.92 Å². The molecule has 174 valence electrons. The van der Waals surface area contributed by atoms with Crippen molar-refractivity contribution in [1.29, 1.82) is 0 Å². The van der Waals surface area contributed by atoms with E-state index in [4.69, 9.17) is 14.1 Å². The molecule has 4 atom stereocenters. The standard InChI is InChI=1S/C25H42N2O3Si/c1-24(2,3)31(5,6)30-27-23(26-18-12-13-19-26)22(20-14-8-7-9-15-20)21-16-10-11-17-25(21,28-4)29-27/h7-9,14-15,21-23H,10-13,16-19H2,1-6H3/t21-,22-,23-,25+/m0/s1. The Morgan fingerprint density at radius 1 is 1.03 bits per heavy atom.